The molecule has 1 aromatic heterocycles. The van der Waals surface area contributed by atoms with Crippen LogP contribution in [0.2, 0.25) is 0 Å². The number of hydrogen-bond acceptors (Lipinski definition) is 3. The minimum Gasteiger partial charge on any atom is -0.273 e. The van der Waals surface area contributed by atoms with E-state index in [9.17, 15) is 8.42 Å². The van der Waals surface area contributed by atoms with Crippen molar-refractivity contribution < 1.29 is 8.42 Å². The molecule has 29 heavy (non-hydrogen) atoms. The van der Waals surface area contributed by atoms with Gasteiger partial charge in [-0.15, -0.1) is 0 Å². The Hall–Kier alpha value is -2.44. The average Bonchev–Trinajstić information content (AvgIpc) is 3.16. The molecule has 0 unspecified atom stereocenters. The second-order valence-electron chi connectivity index (χ2n) is 7.70. The van der Waals surface area contributed by atoms with Crippen molar-refractivity contribution in [3.63, 3.8) is 0 Å². The van der Waals surface area contributed by atoms with Crippen molar-refractivity contribution in [2.24, 2.45) is 5.92 Å². The lowest BCUT2D eigenvalue weighted by atomic mass is 10.0. The first-order chi connectivity index (χ1) is 13.9. The standard InChI is InChI=1S/C23H29N3O2S/c1-4-25-16-22(15-24-25)18-26(17-21-8-6-5-7-9-21)29(27,28)23-12-10-20(11-13-23)14-19(2)3/h5-13,15-16,19H,4,14,17-18H2,1-3H3. The zero-order valence-corrected chi connectivity index (χ0v) is 18.1. The molecule has 0 spiro atoms. The number of aryl methyl sites for hydroxylation is 1. The summed E-state index contributed by atoms with van der Waals surface area (Å²) in [5, 5.41) is 4.28. The van der Waals surface area contributed by atoms with E-state index in [0.29, 0.717) is 17.4 Å². The van der Waals surface area contributed by atoms with Crippen LogP contribution in [-0.4, -0.2) is 22.5 Å². The Labute approximate surface area is 174 Å². The fourth-order valence-corrected chi connectivity index (χ4v) is 4.71. The Balaban J connectivity index is 1.90. The van der Waals surface area contributed by atoms with E-state index < -0.39 is 10.0 Å². The molecule has 2 aromatic carbocycles. The minimum atomic E-state index is -3.64. The minimum absolute atomic E-state index is 0.283. The van der Waals surface area contributed by atoms with Crippen LogP contribution in [-0.2, 0) is 36.1 Å². The number of nitrogens with zero attached hydrogens (tertiary/aromatic N) is 3. The Morgan fingerprint density at radius 3 is 2.17 bits per heavy atom. The summed E-state index contributed by atoms with van der Waals surface area (Å²) in [7, 11) is -3.64. The van der Waals surface area contributed by atoms with Crippen LogP contribution >= 0.6 is 0 Å². The van der Waals surface area contributed by atoms with E-state index in [-0.39, 0.29) is 6.54 Å². The van der Waals surface area contributed by atoms with Crippen molar-refractivity contribution in [3.05, 3.63) is 83.7 Å². The number of benzene rings is 2. The highest BCUT2D eigenvalue weighted by Crippen LogP contribution is 2.22. The van der Waals surface area contributed by atoms with Crippen molar-refractivity contribution in [1.29, 1.82) is 0 Å². The van der Waals surface area contributed by atoms with Gasteiger partial charge in [0.05, 0.1) is 11.1 Å². The van der Waals surface area contributed by atoms with Gasteiger partial charge >= 0.3 is 0 Å². The molecule has 0 saturated carbocycles. The first-order valence-corrected chi connectivity index (χ1v) is 11.5. The van der Waals surface area contributed by atoms with Gasteiger partial charge in [0.2, 0.25) is 10.0 Å². The van der Waals surface area contributed by atoms with E-state index in [1.165, 1.54) is 4.31 Å². The molecule has 6 heteroatoms. The Bertz CT molecular complexity index is 1010. The van der Waals surface area contributed by atoms with Crippen molar-refractivity contribution >= 4 is 10.0 Å². The third-order valence-corrected chi connectivity index (χ3v) is 6.58. The summed E-state index contributed by atoms with van der Waals surface area (Å²) in [6.07, 6.45) is 4.58. The summed E-state index contributed by atoms with van der Waals surface area (Å²) in [5.74, 6) is 0.530. The molecule has 3 rings (SSSR count). The van der Waals surface area contributed by atoms with Crippen LogP contribution in [0, 0.1) is 5.92 Å². The molecule has 154 valence electrons. The summed E-state index contributed by atoms with van der Waals surface area (Å²) in [5.41, 5.74) is 2.98. The summed E-state index contributed by atoms with van der Waals surface area (Å²) in [4.78, 5) is 0.323. The van der Waals surface area contributed by atoms with Gasteiger partial charge in [-0.3, -0.25) is 4.68 Å². The van der Waals surface area contributed by atoms with E-state index in [1.54, 1.807) is 18.3 Å². The molecule has 0 aliphatic rings. The van der Waals surface area contributed by atoms with Crippen LogP contribution in [0.3, 0.4) is 0 Å². The number of rotatable bonds is 9. The average molecular weight is 412 g/mol. The molecule has 0 amide bonds. The van der Waals surface area contributed by atoms with Crippen molar-refractivity contribution in [1.82, 2.24) is 14.1 Å². The highest BCUT2D eigenvalue weighted by atomic mass is 32.2. The van der Waals surface area contributed by atoms with Crippen molar-refractivity contribution in [3.8, 4) is 0 Å². The van der Waals surface area contributed by atoms with E-state index >= 15 is 0 Å². The molecule has 0 aliphatic heterocycles. The maximum Gasteiger partial charge on any atom is 0.243 e. The van der Waals surface area contributed by atoms with Crippen LogP contribution in [0.4, 0.5) is 0 Å². The first kappa shape index (κ1) is 21.3. The van der Waals surface area contributed by atoms with Gasteiger partial charge < -0.3 is 0 Å². The van der Waals surface area contributed by atoms with Gasteiger partial charge in [0.1, 0.15) is 0 Å². The highest BCUT2D eigenvalue weighted by molar-refractivity contribution is 7.89. The molecule has 0 bridgehead atoms. The van der Waals surface area contributed by atoms with Crippen LogP contribution in [0.25, 0.3) is 0 Å². The van der Waals surface area contributed by atoms with Crippen LogP contribution in [0.5, 0.6) is 0 Å². The first-order valence-electron chi connectivity index (χ1n) is 10.0. The molecule has 0 aliphatic carbocycles. The molecular formula is C23H29N3O2S. The summed E-state index contributed by atoms with van der Waals surface area (Å²) >= 11 is 0. The molecule has 1 heterocycles. The fraction of sp³-hybridized carbons (Fsp3) is 0.348. The monoisotopic (exact) mass is 411 g/mol. The summed E-state index contributed by atoms with van der Waals surface area (Å²) in [6.45, 7) is 7.67. The predicted molar refractivity (Wildman–Crippen MR) is 116 cm³/mol. The van der Waals surface area contributed by atoms with Gasteiger partial charge in [-0.2, -0.15) is 9.40 Å². The van der Waals surface area contributed by atoms with Crippen LogP contribution in [0.15, 0.2) is 71.9 Å². The Morgan fingerprint density at radius 2 is 1.59 bits per heavy atom. The molecule has 0 radical (unpaired) electrons. The third kappa shape index (κ3) is 5.55. The lowest BCUT2D eigenvalue weighted by Crippen LogP contribution is -2.30. The SMILES string of the molecule is CCn1cc(CN(Cc2ccccc2)S(=O)(=O)c2ccc(CC(C)C)cc2)cn1. The van der Waals surface area contributed by atoms with Gasteiger partial charge in [0.25, 0.3) is 0 Å². The zero-order chi connectivity index (χ0) is 20.9. The highest BCUT2D eigenvalue weighted by Gasteiger charge is 2.25. The van der Waals surface area contributed by atoms with Crippen molar-refractivity contribution in [2.45, 2.75) is 51.7 Å². The maximum absolute atomic E-state index is 13.4. The molecule has 3 aromatic rings. The van der Waals surface area contributed by atoms with Gasteiger partial charge in [-0.1, -0.05) is 56.3 Å². The largest absolute Gasteiger partial charge is 0.273 e. The second-order valence-corrected chi connectivity index (χ2v) is 9.64. The van der Waals surface area contributed by atoms with Crippen molar-refractivity contribution in [2.75, 3.05) is 0 Å². The molecule has 0 fully saturated rings. The van der Waals surface area contributed by atoms with E-state index in [0.717, 1.165) is 29.7 Å². The summed E-state index contributed by atoms with van der Waals surface area (Å²) in [6, 6.07) is 17.0. The number of aromatic nitrogens is 2. The summed E-state index contributed by atoms with van der Waals surface area (Å²) < 4.78 is 30.2. The third-order valence-electron chi connectivity index (χ3n) is 4.78. The fourth-order valence-electron chi connectivity index (χ4n) is 3.30. The molecule has 0 atom stereocenters. The maximum atomic E-state index is 13.4. The lowest BCUT2D eigenvalue weighted by Gasteiger charge is -2.22. The van der Waals surface area contributed by atoms with Gasteiger partial charge in [-0.25, -0.2) is 8.42 Å². The number of sulfonamides is 1. The van der Waals surface area contributed by atoms with Gasteiger partial charge in [-0.05, 0) is 42.5 Å². The Kier molecular flexibility index (Phi) is 6.87. The molecule has 0 saturated heterocycles. The van der Waals surface area contributed by atoms with Crippen LogP contribution < -0.4 is 0 Å². The van der Waals surface area contributed by atoms with Gasteiger partial charge in [0.15, 0.2) is 0 Å². The van der Waals surface area contributed by atoms with Gasteiger partial charge in [0, 0.05) is 31.4 Å². The zero-order valence-electron chi connectivity index (χ0n) is 17.3. The number of hydrogen-bond donors (Lipinski definition) is 0. The van der Waals surface area contributed by atoms with E-state index in [4.69, 9.17) is 0 Å². The van der Waals surface area contributed by atoms with Crippen LogP contribution in [0.1, 0.15) is 37.5 Å². The topological polar surface area (TPSA) is 55.2 Å². The second kappa shape index (κ2) is 9.37. The normalized spacial score (nSPS) is 12.0. The van der Waals surface area contributed by atoms with E-state index in [2.05, 4.69) is 18.9 Å². The molecule has 5 nitrogen and oxygen atoms in total. The van der Waals surface area contributed by atoms with E-state index in [1.807, 2.05) is 60.3 Å². The molecule has 0 N–H and O–H groups in total. The molecular weight excluding hydrogens is 382 g/mol. The lowest BCUT2D eigenvalue weighted by molar-refractivity contribution is 0.401. The predicted octanol–water partition coefficient (Wildman–Crippen LogP) is 4.49. The quantitative estimate of drug-likeness (QED) is 0.521. The smallest absolute Gasteiger partial charge is 0.243 e. The Morgan fingerprint density at radius 1 is 0.931 bits per heavy atom.